The number of hydrogen-bond donors (Lipinski definition) is 1. The van der Waals surface area contributed by atoms with Crippen LogP contribution in [0.5, 0.6) is 0 Å². The molecule has 2 amide bonds. The molecule has 2 aliphatic heterocycles. The molecule has 0 unspecified atom stereocenters. The Bertz CT molecular complexity index is 1210. The van der Waals surface area contributed by atoms with Crippen molar-refractivity contribution in [1.29, 1.82) is 0 Å². The number of amides is 2. The van der Waals surface area contributed by atoms with Gasteiger partial charge >= 0.3 is 6.03 Å². The highest BCUT2D eigenvalue weighted by Crippen LogP contribution is 2.27. The Hall–Kier alpha value is -3.04. The molecule has 2 aromatic heterocycles. The molecule has 5 rings (SSSR count). The Morgan fingerprint density at radius 1 is 1.29 bits per heavy atom. The standard InChI is InChI=1S/C25H28ClFN6O2/c1-32-14-19(13-29-32)24(17-2-3-21(27)20(26)11-17)31-25(34)33-7-4-18-12-28-23(30-22(18)15-33)10-16-5-8-35-9-6-16/h2-3,11-14,16,24H,4-10,15H2,1H3,(H,31,34)/t24-/m0/s1. The van der Waals surface area contributed by atoms with E-state index in [1.54, 1.807) is 28.9 Å². The van der Waals surface area contributed by atoms with Crippen LogP contribution in [-0.4, -0.2) is 50.4 Å². The third-order valence-corrected chi connectivity index (χ3v) is 6.99. The van der Waals surface area contributed by atoms with Crippen molar-refractivity contribution in [3.8, 4) is 0 Å². The summed E-state index contributed by atoms with van der Waals surface area (Å²) in [5, 5.41) is 7.32. The summed E-state index contributed by atoms with van der Waals surface area (Å²) in [6.07, 6.45) is 8.99. The highest BCUT2D eigenvalue weighted by molar-refractivity contribution is 6.30. The summed E-state index contributed by atoms with van der Waals surface area (Å²) in [5.41, 5.74) is 3.43. The Morgan fingerprint density at radius 3 is 2.86 bits per heavy atom. The van der Waals surface area contributed by atoms with Crippen LogP contribution >= 0.6 is 11.6 Å². The van der Waals surface area contributed by atoms with E-state index in [1.165, 1.54) is 12.1 Å². The minimum Gasteiger partial charge on any atom is -0.381 e. The van der Waals surface area contributed by atoms with Crippen molar-refractivity contribution in [1.82, 2.24) is 30.0 Å². The zero-order valence-corrected chi connectivity index (χ0v) is 20.3. The number of hydrogen-bond acceptors (Lipinski definition) is 5. The lowest BCUT2D eigenvalue weighted by Gasteiger charge is -2.30. The van der Waals surface area contributed by atoms with Gasteiger partial charge in [-0.25, -0.2) is 19.2 Å². The summed E-state index contributed by atoms with van der Waals surface area (Å²) in [6, 6.07) is 3.72. The van der Waals surface area contributed by atoms with Gasteiger partial charge in [0.1, 0.15) is 11.6 Å². The molecule has 4 heterocycles. The molecule has 184 valence electrons. The van der Waals surface area contributed by atoms with Crippen LogP contribution in [0.3, 0.4) is 0 Å². The largest absolute Gasteiger partial charge is 0.381 e. The molecule has 1 fully saturated rings. The van der Waals surface area contributed by atoms with Gasteiger partial charge in [0.15, 0.2) is 0 Å². The number of urea groups is 1. The Kier molecular flexibility index (Phi) is 6.97. The lowest BCUT2D eigenvalue weighted by Crippen LogP contribution is -2.44. The van der Waals surface area contributed by atoms with E-state index in [4.69, 9.17) is 21.3 Å². The van der Waals surface area contributed by atoms with Gasteiger partial charge in [0, 0.05) is 51.2 Å². The maximum absolute atomic E-state index is 13.8. The fourth-order valence-corrected chi connectivity index (χ4v) is 4.87. The molecule has 35 heavy (non-hydrogen) atoms. The summed E-state index contributed by atoms with van der Waals surface area (Å²) >= 11 is 6.04. The first-order valence-electron chi connectivity index (χ1n) is 11.9. The average molecular weight is 499 g/mol. The van der Waals surface area contributed by atoms with Crippen molar-refractivity contribution in [2.24, 2.45) is 13.0 Å². The first-order chi connectivity index (χ1) is 17.0. The van der Waals surface area contributed by atoms with Gasteiger partial charge in [-0.3, -0.25) is 4.68 Å². The summed E-state index contributed by atoms with van der Waals surface area (Å²) in [6.45, 7) is 2.56. The number of nitrogens with one attached hydrogen (secondary N) is 1. The lowest BCUT2D eigenvalue weighted by molar-refractivity contribution is 0.0659. The summed E-state index contributed by atoms with van der Waals surface area (Å²) in [4.78, 5) is 24.5. The first kappa shape index (κ1) is 23.7. The molecular weight excluding hydrogens is 471 g/mol. The number of carbonyl (C=O) groups is 1. The number of aryl methyl sites for hydroxylation is 1. The van der Waals surface area contributed by atoms with Crippen LogP contribution in [0.15, 0.2) is 36.8 Å². The van der Waals surface area contributed by atoms with Gasteiger partial charge in [-0.15, -0.1) is 0 Å². The zero-order chi connectivity index (χ0) is 24.4. The number of carbonyl (C=O) groups excluding carboxylic acids is 1. The molecule has 0 bridgehead atoms. The number of nitrogens with zero attached hydrogens (tertiary/aromatic N) is 5. The zero-order valence-electron chi connectivity index (χ0n) is 19.6. The van der Waals surface area contributed by atoms with Crippen LogP contribution in [0.25, 0.3) is 0 Å². The molecule has 0 radical (unpaired) electrons. The maximum Gasteiger partial charge on any atom is 0.318 e. The van der Waals surface area contributed by atoms with E-state index < -0.39 is 11.9 Å². The Morgan fingerprint density at radius 2 is 2.11 bits per heavy atom. The van der Waals surface area contributed by atoms with Crippen LogP contribution in [0.2, 0.25) is 5.02 Å². The Labute approximate surface area is 208 Å². The molecule has 10 heteroatoms. The molecule has 0 aliphatic carbocycles. The Balaban J connectivity index is 1.32. The molecule has 2 aliphatic rings. The van der Waals surface area contributed by atoms with E-state index in [9.17, 15) is 9.18 Å². The molecule has 1 N–H and O–H groups in total. The number of aromatic nitrogens is 4. The van der Waals surface area contributed by atoms with Crippen molar-refractivity contribution < 1.29 is 13.9 Å². The van der Waals surface area contributed by atoms with Gasteiger partial charge < -0.3 is 15.0 Å². The number of rotatable bonds is 5. The molecular formula is C25H28ClFN6O2. The molecule has 1 atom stereocenters. The maximum atomic E-state index is 13.8. The summed E-state index contributed by atoms with van der Waals surface area (Å²) in [5.74, 6) is 0.857. The predicted octanol–water partition coefficient (Wildman–Crippen LogP) is 3.83. The van der Waals surface area contributed by atoms with Crippen LogP contribution < -0.4 is 5.32 Å². The highest BCUT2D eigenvalue weighted by atomic mass is 35.5. The van der Waals surface area contributed by atoms with E-state index in [0.29, 0.717) is 31.0 Å². The lowest BCUT2D eigenvalue weighted by atomic mass is 9.96. The molecule has 1 saturated heterocycles. The van der Waals surface area contributed by atoms with E-state index in [-0.39, 0.29) is 11.1 Å². The fourth-order valence-electron chi connectivity index (χ4n) is 4.68. The molecule has 0 spiro atoms. The SMILES string of the molecule is Cn1cc([C@@H](NC(=O)N2CCc3cnc(CC4CCOCC4)nc3C2)c2ccc(F)c(Cl)c2)cn1. The number of halogens is 2. The van der Waals surface area contributed by atoms with E-state index in [1.807, 2.05) is 12.4 Å². The summed E-state index contributed by atoms with van der Waals surface area (Å²) in [7, 11) is 1.80. The molecule has 3 aromatic rings. The number of ether oxygens (including phenoxy) is 1. The van der Waals surface area contributed by atoms with Gasteiger partial charge in [-0.05, 0) is 48.4 Å². The minimum atomic E-state index is -0.523. The van der Waals surface area contributed by atoms with E-state index in [0.717, 1.165) is 55.1 Å². The van der Waals surface area contributed by atoms with Crippen LogP contribution in [0, 0.1) is 11.7 Å². The molecule has 0 saturated carbocycles. The number of fused-ring (bicyclic) bond motifs is 1. The monoisotopic (exact) mass is 498 g/mol. The van der Waals surface area contributed by atoms with Crippen molar-refractivity contribution in [2.75, 3.05) is 19.8 Å². The van der Waals surface area contributed by atoms with Gasteiger partial charge in [0.2, 0.25) is 0 Å². The number of benzene rings is 1. The van der Waals surface area contributed by atoms with Gasteiger partial charge in [0.25, 0.3) is 0 Å². The van der Waals surface area contributed by atoms with Crippen molar-refractivity contribution in [3.05, 3.63) is 75.8 Å². The van der Waals surface area contributed by atoms with E-state index in [2.05, 4.69) is 15.4 Å². The van der Waals surface area contributed by atoms with Crippen molar-refractivity contribution >= 4 is 17.6 Å². The van der Waals surface area contributed by atoms with Crippen molar-refractivity contribution in [3.63, 3.8) is 0 Å². The topological polar surface area (TPSA) is 85.2 Å². The smallest absolute Gasteiger partial charge is 0.318 e. The minimum absolute atomic E-state index is 0.00583. The molecule has 1 aromatic carbocycles. The van der Waals surface area contributed by atoms with Gasteiger partial charge in [0.05, 0.1) is 29.5 Å². The van der Waals surface area contributed by atoms with Gasteiger partial charge in [-0.2, -0.15) is 5.10 Å². The molecule has 8 nitrogen and oxygen atoms in total. The second-order valence-electron chi connectivity index (χ2n) is 9.19. The van der Waals surface area contributed by atoms with Crippen LogP contribution in [-0.2, 0) is 31.2 Å². The third-order valence-electron chi connectivity index (χ3n) is 6.70. The first-order valence-corrected chi connectivity index (χ1v) is 12.2. The summed E-state index contributed by atoms with van der Waals surface area (Å²) < 4.78 is 20.9. The quantitative estimate of drug-likeness (QED) is 0.578. The van der Waals surface area contributed by atoms with Crippen LogP contribution in [0.4, 0.5) is 9.18 Å². The van der Waals surface area contributed by atoms with E-state index >= 15 is 0 Å². The predicted molar refractivity (Wildman–Crippen MR) is 128 cm³/mol. The highest BCUT2D eigenvalue weighted by Gasteiger charge is 2.27. The third kappa shape index (κ3) is 5.46. The normalized spacial score (nSPS) is 17.2. The van der Waals surface area contributed by atoms with Crippen LogP contribution in [0.1, 0.15) is 47.1 Å². The fraction of sp³-hybridized carbons (Fsp3) is 0.440. The van der Waals surface area contributed by atoms with Gasteiger partial charge in [-0.1, -0.05) is 17.7 Å². The second-order valence-corrected chi connectivity index (χ2v) is 9.60. The average Bonchev–Trinajstić information content (AvgIpc) is 3.30. The van der Waals surface area contributed by atoms with Crippen molar-refractivity contribution in [2.45, 2.75) is 38.3 Å². The second kappa shape index (κ2) is 10.3.